The van der Waals surface area contributed by atoms with Gasteiger partial charge in [-0.3, -0.25) is 4.79 Å². The average Bonchev–Trinajstić information content (AvgIpc) is 2.44. The Bertz CT molecular complexity index is 94.3. The van der Waals surface area contributed by atoms with Crippen LogP contribution in [0.4, 0.5) is 0 Å². The van der Waals surface area contributed by atoms with Gasteiger partial charge < -0.3 is 11.1 Å². The van der Waals surface area contributed by atoms with E-state index in [4.69, 9.17) is 0 Å². The van der Waals surface area contributed by atoms with Gasteiger partial charge >= 0.3 is 0 Å². The van der Waals surface area contributed by atoms with Crippen molar-refractivity contribution in [3.05, 3.63) is 0 Å². The largest absolute Gasteiger partial charge is 0.370 e. The van der Waals surface area contributed by atoms with Crippen LogP contribution in [0.25, 0.3) is 0 Å². The summed E-state index contributed by atoms with van der Waals surface area (Å²) in [6, 6.07) is 0. The fraction of sp³-hybridized carbons (Fsp3) is 0.625. The summed E-state index contributed by atoms with van der Waals surface area (Å²) in [5.41, 5.74) is 4.47. The monoisotopic (exact) mass is 156 g/mol. The number of carbonyl (C=O) groups is 1. The number of rotatable bonds is 0. The highest BCUT2D eigenvalue weighted by molar-refractivity contribution is 5.70. The van der Waals surface area contributed by atoms with Crippen molar-refractivity contribution in [2.24, 2.45) is 5.73 Å². The minimum atomic E-state index is -0.333. The topological polar surface area (TPSA) is 55.1 Å². The molecule has 0 unspecified atom stereocenters. The van der Waals surface area contributed by atoms with E-state index < -0.39 is 0 Å². The molecule has 1 amide bonds. The van der Waals surface area contributed by atoms with Crippen molar-refractivity contribution in [2.45, 2.75) is 19.8 Å². The molecule has 3 heteroatoms. The Morgan fingerprint density at radius 2 is 1.64 bits per heavy atom. The molecule has 1 aliphatic heterocycles. The third-order valence-electron chi connectivity index (χ3n) is 0.957. The Kier molecular flexibility index (Phi) is 13.5. The molecule has 0 saturated carbocycles. The second-order valence-corrected chi connectivity index (χ2v) is 2.07. The Morgan fingerprint density at radius 3 is 1.73 bits per heavy atom. The number of primary amides is 1. The Labute approximate surface area is 68.4 Å². The predicted octanol–water partition coefficient (Wildman–Crippen LogP) is 0.111. The molecule has 1 aliphatic rings. The zero-order valence-corrected chi connectivity index (χ0v) is 6.97. The minimum absolute atomic E-state index is 0.333. The number of terminal acetylenes is 1. The molecule has 0 atom stereocenters. The van der Waals surface area contributed by atoms with E-state index in [1.54, 1.807) is 0 Å². The van der Waals surface area contributed by atoms with Gasteiger partial charge in [-0.1, -0.05) is 0 Å². The molecule has 11 heavy (non-hydrogen) atoms. The predicted molar refractivity (Wildman–Crippen MR) is 46.9 cm³/mol. The highest BCUT2D eigenvalue weighted by atomic mass is 16.1. The van der Waals surface area contributed by atoms with Gasteiger partial charge in [-0.15, -0.1) is 12.8 Å². The molecule has 3 N–H and O–H groups in total. The number of carbonyl (C=O) groups excluding carboxylic acids is 1. The molecule has 0 aromatic rings. The highest BCUT2D eigenvalue weighted by Crippen LogP contribution is 1.90. The third-order valence-corrected chi connectivity index (χ3v) is 0.957. The lowest BCUT2D eigenvalue weighted by Crippen LogP contribution is -2.03. The van der Waals surface area contributed by atoms with E-state index in [9.17, 15) is 4.79 Å². The lowest BCUT2D eigenvalue weighted by molar-refractivity contribution is -0.115. The summed E-state index contributed by atoms with van der Waals surface area (Å²) in [4.78, 5) is 9.22. The van der Waals surface area contributed by atoms with Crippen molar-refractivity contribution >= 4 is 5.91 Å². The Hall–Kier alpha value is -1.01. The van der Waals surface area contributed by atoms with Crippen molar-refractivity contribution < 1.29 is 4.79 Å². The van der Waals surface area contributed by atoms with Crippen molar-refractivity contribution in [1.29, 1.82) is 0 Å². The van der Waals surface area contributed by atoms with Crippen LogP contribution < -0.4 is 11.1 Å². The molecule has 64 valence electrons. The van der Waals surface area contributed by atoms with Gasteiger partial charge in [0.15, 0.2) is 0 Å². The molecule has 0 radical (unpaired) electrons. The van der Waals surface area contributed by atoms with Crippen LogP contribution in [0, 0.1) is 12.8 Å². The zero-order chi connectivity index (χ0) is 9.11. The molecular weight excluding hydrogens is 140 g/mol. The first-order chi connectivity index (χ1) is 5.23. The van der Waals surface area contributed by atoms with Crippen LogP contribution in [-0.2, 0) is 4.79 Å². The van der Waals surface area contributed by atoms with E-state index in [1.807, 2.05) is 0 Å². The quantitative estimate of drug-likeness (QED) is 0.489. The van der Waals surface area contributed by atoms with Gasteiger partial charge in [0, 0.05) is 6.92 Å². The summed E-state index contributed by atoms with van der Waals surface area (Å²) < 4.78 is 0. The molecule has 1 rings (SSSR count). The second kappa shape index (κ2) is 11.7. The first kappa shape index (κ1) is 12.6. The van der Waals surface area contributed by atoms with Crippen LogP contribution in [0.15, 0.2) is 0 Å². The van der Waals surface area contributed by atoms with Gasteiger partial charge in [0.25, 0.3) is 0 Å². The average molecular weight is 156 g/mol. The van der Waals surface area contributed by atoms with Crippen LogP contribution in [-0.4, -0.2) is 19.0 Å². The lowest BCUT2D eigenvalue weighted by Gasteiger charge is -1.76. The lowest BCUT2D eigenvalue weighted by atomic mass is 10.4. The van der Waals surface area contributed by atoms with Gasteiger partial charge in [0.05, 0.1) is 0 Å². The fourth-order valence-corrected chi connectivity index (χ4v) is 0.625. The second-order valence-electron chi connectivity index (χ2n) is 2.07. The van der Waals surface area contributed by atoms with E-state index in [0.29, 0.717) is 0 Å². The van der Waals surface area contributed by atoms with Crippen LogP contribution in [0.1, 0.15) is 19.8 Å². The molecular formula is C8H16N2O. The molecule has 1 heterocycles. The van der Waals surface area contributed by atoms with Crippen LogP contribution in [0.3, 0.4) is 0 Å². The Morgan fingerprint density at radius 1 is 1.36 bits per heavy atom. The van der Waals surface area contributed by atoms with E-state index in [1.165, 1.54) is 32.9 Å². The van der Waals surface area contributed by atoms with Crippen molar-refractivity contribution in [1.82, 2.24) is 5.32 Å². The SMILES string of the molecule is C#C.C1CCNC1.CC(N)=O. The Balaban J connectivity index is 0. The van der Waals surface area contributed by atoms with E-state index in [2.05, 4.69) is 23.9 Å². The standard InChI is InChI=1S/C4H9N.C2H5NO.C2H2/c1-2-4-5-3-1;1-2(3)4;1-2/h5H,1-4H2;1H3,(H2,3,4);1-2H. The third kappa shape index (κ3) is 27.6. The van der Waals surface area contributed by atoms with Crippen LogP contribution in [0.5, 0.6) is 0 Å². The van der Waals surface area contributed by atoms with Gasteiger partial charge in [-0.05, 0) is 25.9 Å². The first-order valence-corrected chi connectivity index (χ1v) is 3.53. The molecule has 0 spiro atoms. The molecule has 0 aromatic carbocycles. The summed E-state index contributed by atoms with van der Waals surface area (Å²) in [6.45, 7) is 3.81. The van der Waals surface area contributed by atoms with E-state index in [-0.39, 0.29) is 5.91 Å². The van der Waals surface area contributed by atoms with Crippen molar-refractivity contribution in [3.63, 3.8) is 0 Å². The van der Waals surface area contributed by atoms with Gasteiger partial charge in [-0.25, -0.2) is 0 Å². The molecule has 0 bridgehead atoms. The van der Waals surface area contributed by atoms with E-state index in [0.717, 1.165) is 0 Å². The molecule has 0 aromatic heterocycles. The maximum Gasteiger partial charge on any atom is 0.214 e. The number of nitrogens with two attached hydrogens (primary N) is 1. The minimum Gasteiger partial charge on any atom is -0.370 e. The fourth-order valence-electron chi connectivity index (χ4n) is 0.625. The molecule has 0 aliphatic carbocycles. The van der Waals surface area contributed by atoms with E-state index >= 15 is 0 Å². The molecule has 1 saturated heterocycles. The van der Waals surface area contributed by atoms with Crippen molar-refractivity contribution in [3.8, 4) is 12.8 Å². The smallest absolute Gasteiger partial charge is 0.214 e. The normalized spacial score (nSPS) is 13.4. The molecule has 1 fully saturated rings. The summed E-state index contributed by atoms with van der Waals surface area (Å²) in [7, 11) is 0. The summed E-state index contributed by atoms with van der Waals surface area (Å²) in [5.74, 6) is -0.333. The number of amides is 1. The first-order valence-electron chi connectivity index (χ1n) is 3.53. The number of hydrogen-bond acceptors (Lipinski definition) is 2. The van der Waals surface area contributed by atoms with Gasteiger partial charge in [-0.2, -0.15) is 0 Å². The highest BCUT2D eigenvalue weighted by Gasteiger charge is 1.93. The van der Waals surface area contributed by atoms with Crippen LogP contribution in [0.2, 0.25) is 0 Å². The summed E-state index contributed by atoms with van der Waals surface area (Å²) >= 11 is 0. The van der Waals surface area contributed by atoms with Crippen LogP contribution >= 0.6 is 0 Å². The number of hydrogen-bond donors (Lipinski definition) is 2. The summed E-state index contributed by atoms with van der Waals surface area (Å²) in [5, 5.41) is 3.22. The maximum atomic E-state index is 9.22. The summed E-state index contributed by atoms with van der Waals surface area (Å²) in [6.07, 6.45) is 10.8. The number of nitrogens with one attached hydrogen (secondary N) is 1. The zero-order valence-electron chi connectivity index (χ0n) is 6.97. The molecule has 3 nitrogen and oxygen atoms in total. The van der Waals surface area contributed by atoms with Crippen molar-refractivity contribution in [2.75, 3.05) is 13.1 Å². The van der Waals surface area contributed by atoms with Gasteiger partial charge in [0.1, 0.15) is 0 Å². The maximum absolute atomic E-state index is 9.22. The van der Waals surface area contributed by atoms with Gasteiger partial charge in [0.2, 0.25) is 5.91 Å².